The average Bonchev–Trinajstić information content (AvgIpc) is 2.62. The first-order valence-electron chi connectivity index (χ1n) is 8.91. The van der Waals surface area contributed by atoms with Crippen LogP contribution in [0.4, 0.5) is 0 Å². The van der Waals surface area contributed by atoms with Crippen LogP contribution in [-0.4, -0.2) is 43.2 Å². The van der Waals surface area contributed by atoms with Crippen LogP contribution in [0, 0.1) is 5.41 Å². The fourth-order valence-corrected chi connectivity index (χ4v) is 3.26. The van der Waals surface area contributed by atoms with Crippen molar-refractivity contribution in [3.63, 3.8) is 0 Å². The Kier molecular flexibility index (Phi) is 8.72. The standard InChI is InChI=1S/C20H30O6/c1-14(6-5-7-15(2)19(24)26-4)10-11-20(13-18(23)25-3)12-16(21)8-9-17(20)22/h7,10,17,22H,5-6,8-9,11-13H2,1-4H3. The molecule has 0 aliphatic heterocycles. The highest BCUT2D eigenvalue weighted by Gasteiger charge is 2.44. The fraction of sp³-hybridized carbons (Fsp3) is 0.650. The van der Waals surface area contributed by atoms with Crippen LogP contribution in [0.1, 0.15) is 58.8 Å². The number of hydrogen-bond acceptors (Lipinski definition) is 6. The molecule has 6 nitrogen and oxygen atoms in total. The van der Waals surface area contributed by atoms with Gasteiger partial charge < -0.3 is 14.6 Å². The molecule has 0 aromatic rings. The molecular formula is C20H30O6. The number of methoxy groups -OCH3 is 2. The second-order valence-corrected chi connectivity index (χ2v) is 7.06. The van der Waals surface area contributed by atoms with E-state index in [1.165, 1.54) is 14.2 Å². The van der Waals surface area contributed by atoms with Crippen molar-refractivity contribution in [3.05, 3.63) is 23.3 Å². The lowest BCUT2D eigenvalue weighted by Crippen LogP contribution is -2.43. The molecule has 2 atom stereocenters. The minimum Gasteiger partial charge on any atom is -0.469 e. The summed E-state index contributed by atoms with van der Waals surface area (Å²) < 4.78 is 9.41. The number of carbonyl (C=O) groups excluding carboxylic acids is 3. The van der Waals surface area contributed by atoms with Gasteiger partial charge in [0.2, 0.25) is 0 Å². The van der Waals surface area contributed by atoms with Gasteiger partial charge in [0.25, 0.3) is 0 Å². The average molecular weight is 366 g/mol. The van der Waals surface area contributed by atoms with Crippen molar-refractivity contribution in [1.82, 2.24) is 0 Å². The molecule has 6 heteroatoms. The van der Waals surface area contributed by atoms with Crippen LogP contribution in [0.2, 0.25) is 0 Å². The van der Waals surface area contributed by atoms with Crippen molar-refractivity contribution in [3.8, 4) is 0 Å². The number of aliphatic hydroxyl groups excluding tert-OH is 1. The Morgan fingerprint density at radius 1 is 1.23 bits per heavy atom. The molecule has 0 aromatic heterocycles. The Morgan fingerprint density at radius 2 is 1.92 bits per heavy atom. The van der Waals surface area contributed by atoms with Crippen molar-refractivity contribution in [2.75, 3.05) is 14.2 Å². The summed E-state index contributed by atoms with van der Waals surface area (Å²) in [6, 6.07) is 0. The largest absolute Gasteiger partial charge is 0.469 e. The van der Waals surface area contributed by atoms with E-state index in [0.717, 1.165) is 12.0 Å². The van der Waals surface area contributed by atoms with Crippen molar-refractivity contribution in [2.45, 2.75) is 64.9 Å². The van der Waals surface area contributed by atoms with Crippen LogP contribution in [0.3, 0.4) is 0 Å². The van der Waals surface area contributed by atoms with Crippen LogP contribution in [-0.2, 0) is 23.9 Å². The first kappa shape index (κ1) is 22.1. The van der Waals surface area contributed by atoms with Gasteiger partial charge in [-0.3, -0.25) is 9.59 Å². The van der Waals surface area contributed by atoms with E-state index in [2.05, 4.69) is 4.74 Å². The molecule has 0 spiro atoms. The van der Waals surface area contributed by atoms with E-state index in [9.17, 15) is 19.5 Å². The van der Waals surface area contributed by atoms with E-state index in [0.29, 0.717) is 31.3 Å². The summed E-state index contributed by atoms with van der Waals surface area (Å²) in [5.74, 6) is -0.684. The van der Waals surface area contributed by atoms with Crippen LogP contribution in [0.15, 0.2) is 23.3 Å². The van der Waals surface area contributed by atoms with Crippen LogP contribution >= 0.6 is 0 Å². The van der Waals surface area contributed by atoms with E-state index < -0.39 is 17.5 Å². The monoisotopic (exact) mass is 366 g/mol. The zero-order valence-corrected chi connectivity index (χ0v) is 16.2. The predicted octanol–water partition coefficient (Wildman–Crippen LogP) is 2.89. The molecule has 1 saturated carbocycles. The van der Waals surface area contributed by atoms with Gasteiger partial charge in [-0.05, 0) is 39.5 Å². The first-order chi connectivity index (χ1) is 12.2. The molecule has 146 valence electrons. The van der Waals surface area contributed by atoms with Crippen molar-refractivity contribution >= 4 is 17.7 Å². The molecule has 0 bridgehead atoms. The highest BCUT2D eigenvalue weighted by Crippen LogP contribution is 2.42. The van der Waals surface area contributed by atoms with E-state index in [-0.39, 0.29) is 24.6 Å². The fourth-order valence-electron chi connectivity index (χ4n) is 3.26. The van der Waals surface area contributed by atoms with Gasteiger partial charge in [-0.1, -0.05) is 17.7 Å². The summed E-state index contributed by atoms with van der Waals surface area (Å²) >= 11 is 0. The molecule has 0 radical (unpaired) electrons. The molecule has 0 amide bonds. The quantitative estimate of drug-likeness (QED) is 0.404. The van der Waals surface area contributed by atoms with Gasteiger partial charge in [0.15, 0.2) is 0 Å². The van der Waals surface area contributed by atoms with E-state index in [4.69, 9.17) is 4.74 Å². The number of Topliss-reactive ketones (excluding diaryl/α,β-unsaturated/α-hetero) is 1. The maximum atomic E-state index is 11.9. The zero-order chi connectivity index (χ0) is 19.7. The number of carbonyl (C=O) groups is 3. The Hall–Kier alpha value is -1.95. The number of esters is 2. The van der Waals surface area contributed by atoms with Crippen molar-refractivity contribution in [1.29, 1.82) is 0 Å². The van der Waals surface area contributed by atoms with Crippen LogP contribution in [0.5, 0.6) is 0 Å². The Labute approximate surface area is 155 Å². The SMILES string of the molecule is COC(=O)CC1(CC=C(C)CCC=C(C)C(=O)OC)CC(=O)CCC1O. The topological polar surface area (TPSA) is 89.9 Å². The lowest BCUT2D eigenvalue weighted by atomic mass is 9.67. The third-order valence-electron chi connectivity index (χ3n) is 5.03. The van der Waals surface area contributed by atoms with Gasteiger partial charge in [0.05, 0.1) is 26.7 Å². The number of hydrogen-bond donors (Lipinski definition) is 1. The van der Waals surface area contributed by atoms with Gasteiger partial charge in [0.1, 0.15) is 5.78 Å². The molecule has 1 N–H and O–H groups in total. The summed E-state index contributed by atoms with van der Waals surface area (Å²) in [6.45, 7) is 3.67. The van der Waals surface area contributed by atoms with Crippen LogP contribution < -0.4 is 0 Å². The number of ether oxygens (including phenoxy) is 2. The lowest BCUT2D eigenvalue weighted by Gasteiger charge is -2.39. The minimum absolute atomic E-state index is 0.0293. The third kappa shape index (κ3) is 6.41. The normalized spacial score (nSPS) is 24.3. The first-order valence-corrected chi connectivity index (χ1v) is 8.91. The number of allylic oxidation sites excluding steroid dienone is 3. The highest BCUT2D eigenvalue weighted by molar-refractivity contribution is 5.87. The molecular weight excluding hydrogens is 336 g/mol. The zero-order valence-electron chi connectivity index (χ0n) is 16.2. The molecule has 26 heavy (non-hydrogen) atoms. The minimum atomic E-state index is -0.790. The third-order valence-corrected chi connectivity index (χ3v) is 5.03. The summed E-state index contributed by atoms with van der Waals surface area (Å²) in [7, 11) is 2.66. The maximum Gasteiger partial charge on any atom is 0.333 e. The van der Waals surface area contributed by atoms with E-state index in [1.54, 1.807) is 6.92 Å². The summed E-state index contributed by atoms with van der Waals surface area (Å²) in [5.41, 5.74) is 0.853. The molecule has 1 fully saturated rings. The Morgan fingerprint density at radius 3 is 2.54 bits per heavy atom. The number of ketones is 1. The Bertz CT molecular complexity index is 589. The van der Waals surface area contributed by atoms with E-state index in [1.807, 2.05) is 19.1 Å². The van der Waals surface area contributed by atoms with Crippen molar-refractivity contribution < 1.29 is 29.0 Å². The number of aliphatic hydroxyl groups is 1. The highest BCUT2D eigenvalue weighted by atomic mass is 16.5. The predicted molar refractivity (Wildman–Crippen MR) is 97.3 cm³/mol. The maximum absolute atomic E-state index is 11.9. The lowest BCUT2D eigenvalue weighted by molar-refractivity contribution is -0.149. The second kappa shape index (κ2) is 10.3. The van der Waals surface area contributed by atoms with Gasteiger partial charge in [-0.2, -0.15) is 0 Å². The summed E-state index contributed by atoms with van der Waals surface area (Å²) in [6.07, 6.45) is 5.93. The number of rotatable bonds is 8. The smallest absolute Gasteiger partial charge is 0.333 e. The van der Waals surface area contributed by atoms with Gasteiger partial charge in [-0.25, -0.2) is 4.79 Å². The molecule has 0 heterocycles. The molecule has 1 aliphatic carbocycles. The molecule has 0 saturated heterocycles. The van der Waals surface area contributed by atoms with Crippen LogP contribution in [0.25, 0.3) is 0 Å². The van der Waals surface area contributed by atoms with E-state index >= 15 is 0 Å². The summed E-state index contributed by atoms with van der Waals surface area (Å²) in [4.78, 5) is 35.1. The molecule has 1 rings (SSSR count). The molecule has 2 unspecified atom stereocenters. The van der Waals surface area contributed by atoms with Gasteiger partial charge in [-0.15, -0.1) is 0 Å². The second-order valence-electron chi connectivity index (χ2n) is 7.06. The summed E-state index contributed by atoms with van der Waals surface area (Å²) in [5, 5.41) is 10.5. The van der Waals surface area contributed by atoms with Gasteiger partial charge >= 0.3 is 11.9 Å². The molecule has 1 aliphatic rings. The van der Waals surface area contributed by atoms with Crippen molar-refractivity contribution in [2.24, 2.45) is 5.41 Å². The Balaban J connectivity index is 2.78. The molecule has 0 aromatic carbocycles. The van der Waals surface area contributed by atoms with Gasteiger partial charge in [0, 0.05) is 23.8 Å².